The van der Waals surface area contributed by atoms with E-state index in [4.69, 9.17) is 4.84 Å². The number of rotatable bonds is 8. The molecule has 2 heterocycles. The molecule has 5 rings (SSSR count). The van der Waals surface area contributed by atoms with Gasteiger partial charge in [0.2, 0.25) is 0 Å². The summed E-state index contributed by atoms with van der Waals surface area (Å²) < 4.78 is 0. The third-order valence-electron chi connectivity index (χ3n) is 6.63. The van der Waals surface area contributed by atoms with Crippen LogP contribution >= 0.6 is 0 Å². The van der Waals surface area contributed by atoms with Gasteiger partial charge >= 0.3 is 0 Å². The van der Waals surface area contributed by atoms with E-state index < -0.39 is 0 Å². The Morgan fingerprint density at radius 2 is 1.37 bits per heavy atom. The number of phenolic OH excluding ortho intramolecular Hbond substituents is 1. The number of hydrogen-bond donors (Lipinski definition) is 1. The van der Waals surface area contributed by atoms with Gasteiger partial charge in [0.05, 0.1) is 0 Å². The predicted octanol–water partition coefficient (Wildman–Crippen LogP) is 5.04. The molecule has 0 saturated carbocycles. The van der Waals surface area contributed by atoms with Crippen molar-refractivity contribution >= 4 is 23.4 Å². The molecule has 7 nitrogen and oxygen atoms in total. The van der Waals surface area contributed by atoms with Crippen molar-refractivity contribution < 1.29 is 9.94 Å². The summed E-state index contributed by atoms with van der Waals surface area (Å²) in [6.07, 6.45) is 3.91. The van der Waals surface area contributed by atoms with E-state index in [0.717, 1.165) is 56.0 Å². The molecule has 1 unspecified atom stereocenters. The largest absolute Gasteiger partial charge is 0.508 e. The van der Waals surface area contributed by atoms with E-state index in [1.54, 1.807) is 17.3 Å². The predicted molar refractivity (Wildman–Crippen MR) is 142 cm³/mol. The van der Waals surface area contributed by atoms with Crippen LogP contribution in [0.25, 0.3) is 0 Å². The molecule has 1 atom stereocenters. The van der Waals surface area contributed by atoms with Crippen LogP contribution in [-0.2, 0) is 11.4 Å². The summed E-state index contributed by atoms with van der Waals surface area (Å²) in [5.41, 5.74) is 4.64. The van der Waals surface area contributed by atoms with Crippen molar-refractivity contribution in [2.75, 3.05) is 40.9 Å². The highest BCUT2D eigenvalue weighted by Crippen LogP contribution is 2.29. The molecule has 0 radical (unpaired) electrons. The van der Waals surface area contributed by atoms with Gasteiger partial charge in [-0.15, -0.1) is 10.3 Å². The second-order valence-electron chi connectivity index (χ2n) is 8.98. The summed E-state index contributed by atoms with van der Waals surface area (Å²) in [4.78, 5) is 13.0. The van der Waals surface area contributed by atoms with E-state index in [-0.39, 0.29) is 6.17 Å². The van der Waals surface area contributed by atoms with Gasteiger partial charge < -0.3 is 19.8 Å². The Morgan fingerprint density at radius 3 is 1.97 bits per heavy atom. The number of anilines is 3. The van der Waals surface area contributed by atoms with Crippen LogP contribution in [0.3, 0.4) is 0 Å². The SMILES string of the molecule is CCCC1N(OCc2ccccc2)N=CN1c1ccc(N2CCN(c3ccc(O)cc3)CC2)cc1. The molecule has 2 aliphatic rings. The molecule has 1 saturated heterocycles. The van der Waals surface area contributed by atoms with Crippen LogP contribution in [0.5, 0.6) is 5.75 Å². The zero-order valence-corrected chi connectivity index (χ0v) is 20.2. The minimum absolute atomic E-state index is 0.0448. The van der Waals surface area contributed by atoms with Crippen molar-refractivity contribution in [1.82, 2.24) is 5.17 Å². The Bertz CT molecular complexity index is 1100. The van der Waals surface area contributed by atoms with Crippen molar-refractivity contribution in [2.45, 2.75) is 32.5 Å². The first-order valence-corrected chi connectivity index (χ1v) is 12.4. The van der Waals surface area contributed by atoms with Crippen LogP contribution in [0.4, 0.5) is 17.1 Å². The van der Waals surface area contributed by atoms with Gasteiger partial charge in [-0.2, -0.15) is 0 Å². The molecule has 0 bridgehead atoms. The number of benzene rings is 3. The van der Waals surface area contributed by atoms with Crippen molar-refractivity contribution in [1.29, 1.82) is 0 Å². The second kappa shape index (κ2) is 10.7. The van der Waals surface area contributed by atoms with Crippen LogP contribution in [0.1, 0.15) is 25.3 Å². The van der Waals surface area contributed by atoms with E-state index in [2.05, 4.69) is 63.1 Å². The van der Waals surface area contributed by atoms with E-state index in [9.17, 15) is 5.11 Å². The van der Waals surface area contributed by atoms with Gasteiger partial charge in [0.1, 0.15) is 18.7 Å². The number of hydroxylamine groups is 1. The Kier molecular flexibility index (Phi) is 7.04. The van der Waals surface area contributed by atoms with Gasteiger partial charge in [-0.05, 0) is 60.5 Å². The molecule has 0 spiro atoms. The number of phenols is 1. The highest BCUT2D eigenvalue weighted by molar-refractivity contribution is 5.81. The maximum atomic E-state index is 9.53. The van der Waals surface area contributed by atoms with Gasteiger partial charge in [-0.1, -0.05) is 43.7 Å². The number of aromatic hydroxyl groups is 1. The van der Waals surface area contributed by atoms with Crippen LogP contribution in [-0.4, -0.2) is 49.0 Å². The van der Waals surface area contributed by atoms with Crippen LogP contribution in [0.2, 0.25) is 0 Å². The van der Waals surface area contributed by atoms with Crippen molar-refractivity contribution in [2.24, 2.45) is 5.10 Å². The molecule has 182 valence electrons. The monoisotopic (exact) mass is 471 g/mol. The summed E-state index contributed by atoms with van der Waals surface area (Å²) >= 11 is 0. The maximum Gasteiger partial charge on any atom is 0.152 e. The highest BCUT2D eigenvalue weighted by atomic mass is 16.7. The first-order valence-electron chi connectivity index (χ1n) is 12.4. The van der Waals surface area contributed by atoms with Gasteiger partial charge in [-0.25, -0.2) is 4.84 Å². The molecule has 1 fully saturated rings. The lowest BCUT2D eigenvalue weighted by Gasteiger charge is -2.37. The average molecular weight is 472 g/mol. The van der Waals surface area contributed by atoms with Crippen molar-refractivity contribution in [3.63, 3.8) is 0 Å². The van der Waals surface area contributed by atoms with Gasteiger partial charge in [-0.3, -0.25) is 0 Å². The van der Waals surface area contributed by atoms with Gasteiger partial charge in [0.25, 0.3) is 0 Å². The van der Waals surface area contributed by atoms with Crippen molar-refractivity contribution in [3.8, 4) is 5.75 Å². The fraction of sp³-hybridized carbons (Fsp3) is 0.321. The van der Waals surface area contributed by atoms with Crippen LogP contribution in [0.15, 0.2) is 84.0 Å². The fourth-order valence-corrected chi connectivity index (χ4v) is 4.67. The average Bonchev–Trinajstić information content (AvgIpc) is 3.31. The molecule has 2 aliphatic heterocycles. The lowest BCUT2D eigenvalue weighted by molar-refractivity contribution is -0.189. The maximum absolute atomic E-state index is 9.53. The summed E-state index contributed by atoms with van der Waals surface area (Å²) in [7, 11) is 0. The Morgan fingerprint density at radius 1 is 0.800 bits per heavy atom. The van der Waals surface area contributed by atoms with Crippen LogP contribution < -0.4 is 14.7 Å². The molecule has 0 aliphatic carbocycles. The molecule has 1 N–H and O–H groups in total. The summed E-state index contributed by atoms with van der Waals surface area (Å²) in [6, 6.07) is 26.4. The lowest BCUT2D eigenvalue weighted by Crippen LogP contribution is -2.46. The highest BCUT2D eigenvalue weighted by Gasteiger charge is 2.29. The van der Waals surface area contributed by atoms with E-state index >= 15 is 0 Å². The molecular weight excluding hydrogens is 438 g/mol. The smallest absolute Gasteiger partial charge is 0.152 e. The van der Waals surface area contributed by atoms with E-state index in [1.807, 2.05) is 36.7 Å². The normalized spacial score (nSPS) is 17.9. The van der Waals surface area contributed by atoms with Crippen molar-refractivity contribution in [3.05, 3.63) is 84.4 Å². The topological polar surface area (TPSA) is 54.8 Å². The third-order valence-corrected chi connectivity index (χ3v) is 6.63. The summed E-state index contributed by atoms with van der Waals surface area (Å²) in [5, 5.41) is 15.8. The first kappa shape index (κ1) is 23.1. The Hall–Kier alpha value is -3.71. The minimum atomic E-state index is 0.0448. The van der Waals surface area contributed by atoms with E-state index in [0.29, 0.717) is 12.4 Å². The number of piperazine rings is 1. The van der Waals surface area contributed by atoms with Gasteiger partial charge in [0.15, 0.2) is 6.17 Å². The molecule has 7 heteroatoms. The Labute approximate surface area is 207 Å². The summed E-state index contributed by atoms with van der Waals surface area (Å²) in [5.74, 6) is 0.308. The first-order chi connectivity index (χ1) is 17.2. The summed E-state index contributed by atoms with van der Waals surface area (Å²) in [6.45, 7) is 6.53. The molecule has 35 heavy (non-hydrogen) atoms. The third kappa shape index (κ3) is 5.35. The molecule has 3 aromatic carbocycles. The fourth-order valence-electron chi connectivity index (χ4n) is 4.67. The second-order valence-corrected chi connectivity index (χ2v) is 8.98. The number of nitrogens with zero attached hydrogens (tertiary/aromatic N) is 5. The lowest BCUT2D eigenvalue weighted by atomic mass is 10.2. The van der Waals surface area contributed by atoms with E-state index in [1.165, 1.54) is 5.69 Å². The zero-order chi connectivity index (χ0) is 24.0. The van der Waals surface area contributed by atoms with Crippen LogP contribution in [0, 0.1) is 0 Å². The molecular formula is C28H33N5O2. The molecule has 0 amide bonds. The quantitative estimate of drug-likeness (QED) is 0.497. The molecule has 3 aromatic rings. The van der Waals surface area contributed by atoms with Gasteiger partial charge in [0, 0.05) is 43.2 Å². The minimum Gasteiger partial charge on any atom is -0.508 e. The molecule has 0 aromatic heterocycles. The Balaban J connectivity index is 1.19. The standard InChI is InChI=1S/C28H33N5O2/c1-2-6-28-32(22-29-33(28)35-21-23-7-4-3-5-8-23)26-11-9-24(10-12-26)30-17-19-31(20-18-30)25-13-15-27(34)16-14-25/h3-5,7-16,22,28,34H,2,6,17-21H2,1H3. The zero-order valence-electron chi connectivity index (χ0n) is 20.2. The number of hydrazone groups is 1. The number of hydrogen-bond acceptors (Lipinski definition) is 7.